The fourth-order valence-corrected chi connectivity index (χ4v) is 2.63. The molecule has 2 amide bonds. The first-order valence-corrected chi connectivity index (χ1v) is 9.21. The van der Waals surface area contributed by atoms with Crippen molar-refractivity contribution in [3.05, 3.63) is 96.1 Å². The summed E-state index contributed by atoms with van der Waals surface area (Å²) in [7, 11) is 0. The predicted molar refractivity (Wildman–Crippen MR) is 109 cm³/mol. The van der Waals surface area contributed by atoms with Crippen LogP contribution in [0.1, 0.15) is 11.1 Å². The van der Waals surface area contributed by atoms with Gasteiger partial charge in [-0.1, -0.05) is 66.7 Å². The summed E-state index contributed by atoms with van der Waals surface area (Å²) in [5, 5.41) is 0. The van der Waals surface area contributed by atoms with Gasteiger partial charge in [0.2, 0.25) is 0 Å². The molecule has 3 aromatic carbocycles. The van der Waals surface area contributed by atoms with Gasteiger partial charge in [0, 0.05) is 6.42 Å². The van der Waals surface area contributed by atoms with E-state index in [1.165, 1.54) is 0 Å². The Morgan fingerprint density at radius 2 is 1.21 bits per heavy atom. The Morgan fingerprint density at radius 3 is 1.90 bits per heavy atom. The molecule has 0 spiro atoms. The molecule has 0 aliphatic carbocycles. The standard InChI is InChI=1S/C23H22N2O4/c26-22(16-28-20-12-5-2-6-13-20)24-25-23(27)17-29-21-14-8-7-11-19(21)15-18-9-3-1-4-10-18/h1-14H,15-17H2,(H,24,26)(H,25,27). The number of nitrogens with one attached hydrogen (secondary N) is 2. The highest BCUT2D eigenvalue weighted by Crippen LogP contribution is 2.21. The molecule has 0 radical (unpaired) electrons. The van der Waals surface area contributed by atoms with Crippen LogP contribution in [0.4, 0.5) is 0 Å². The number of carbonyl (C=O) groups is 2. The fourth-order valence-electron chi connectivity index (χ4n) is 2.63. The molecule has 0 unspecified atom stereocenters. The van der Waals surface area contributed by atoms with Crippen LogP contribution in [-0.2, 0) is 16.0 Å². The predicted octanol–water partition coefficient (Wildman–Crippen LogP) is 2.88. The molecule has 3 aromatic rings. The third kappa shape index (κ3) is 6.70. The van der Waals surface area contributed by atoms with Gasteiger partial charge in [0.15, 0.2) is 13.2 Å². The second-order valence-electron chi connectivity index (χ2n) is 6.26. The molecule has 0 saturated carbocycles. The smallest absolute Gasteiger partial charge is 0.276 e. The van der Waals surface area contributed by atoms with E-state index in [1.807, 2.05) is 72.8 Å². The molecule has 0 aliphatic heterocycles. The summed E-state index contributed by atoms with van der Waals surface area (Å²) >= 11 is 0. The lowest BCUT2D eigenvalue weighted by atomic mass is 10.0. The largest absolute Gasteiger partial charge is 0.484 e. The summed E-state index contributed by atoms with van der Waals surface area (Å²) in [6.45, 7) is -0.420. The molecular weight excluding hydrogens is 368 g/mol. The average Bonchev–Trinajstić information content (AvgIpc) is 2.77. The highest BCUT2D eigenvalue weighted by Gasteiger charge is 2.09. The van der Waals surface area contributed by atoms with E-state index in [1.54, 1.807) is 12.1 Å². The number of rotatable bonds is 8. The van der Waals surface area contributed by atoms with Gasteiger partial charge < -0.3 is 9.47 Å². The third-order valence-corrected chi connectivity index (χ3v) is 4.02. The Balaban J connectivity index is 1.43. The van der Waals surface area contributed by atoms with Crippen LogP contribution in [0.2, 0.25) is 0 Å². The van der Waals surface area contributed by atoms with Crippen LogP contribution in [0.25, 0.3) is 0 Å². The zero-order chi connectivity index (χ0) is 20.3. The van der Waals surface area contributed by atoms with Crippen molar-refractivity contribution in [1.82, 2.24) is 10.9 Å². The van der Waals surface area contributed by atoms with Gasteiger partial charge >= 0.3 is 0 Å². The highest BCUT2D eigenvalue weighted by atomic mass is 16.5. The van der Waals surface area contributed by atoms with Gasteiger partial charge in [-0.05, 0) is 29.3 Å². The maximum absolute atomic E-state index is 12.0. The van der Waals surface area contributed by atoms with E-state index in [0.717, 1.165) is 11.1 Å². The minimum atomic E-state index is -0.466. The number of benzene rings is 3. The average molecular weight is 390 g/mol. The van der Waals surface area contributed by atoms with Crippen LogP contribution in [0.5, 0.6) is 11.5 Å². The summed E-state index contributed by atoms with van der Waals surface area (Å²) in [6, 6.07) is 26.5. The molecule has 2 N–H and O–H groups in total. The summed E-state index contributed by atoms with van der Waals surface area (Å²) < 4.78 is 10.9. The fraction of sp³-hybridized carbons (Fsp3) is 0.130. The minimum Gasteiger partial charge on any atom is -0.484 e. The van der Waals surface area contributed by atoms with E-state index < -0.39 is 11.8 Å². The SMILES string of the molecule is O=C(COc1ccccc1)NNC(=O)COc1ccccc1Cc1ccccc1. The Kier molecular flexibility index (Phi) is 7.23. The van der Waals surface area contributed by atoms with Crippen molar-refractivity contribution >= 4 is 11.8 Å². The summed E-state index contributed by atoms with van der Waals surface area (Å²) in [6.07, 6.45) is 0.701. The van der Waals surface area contributed by atoms with Crippen molar-refractivity contribution in [2.45, 2.75) is 6.42 Å². The van der Waals surface area contributed by atoms with Gasteiger partial charge in [-0.25, -0.2) is 0 Å². The van der Waals surface area contributed by atoms with E-state index in [4.69, 9.17) is 9.47 Å². The Morgan fingerprint density at radius 1 is 0.655 bits per heavy atom. The lowest BCUT2D eigenvalue weighted by Crippen LogP contribution is -2.45. The molecule has 3 rings (SSSR count). The topological polar surface area (TPSA) is 76.7 Å². The zero-order valence-corrected chi connectivity index (χ0v) is 15.8. The van der Waals surface area contributed by atoms with Gasteiger partial charge in [-0.15, -0.1) is 0 Å². The van der Waals surface area contributed by atoms with Gasteiger partial charge in [0.25, 0.3) is 11.8 Å². The van der Waals surface area contributed by atoms with Crippen molar-refractivity contribution in [2.24, 2.45) is 0 Å². The van der Waals surface area contributed by atoms with E-state index in [0.29, 0.717) is 17.9 Å². The van der Waals surface area contributed by atoms with Crippen LogP contribution in [0.15, 0.2) is 84.9 Å². The number of carbonyl (C=O) groups excluding carboxylic acids is 2. The molecule has 0 saturated heterocycles. The normalized spacial score (nSPS) is 10.1. The molecule has 0 aliphatic rings. The van der Waals surface area contributed by atoms with Crippen molar-refractivity contribution in [3.63, 3.8) is 0 Å². The molecule has 0 heterocycles. The highest BCUT2D eigenvalue weighted by molar-refractivity contribution is 5.83. The Bertz CT molecular complexity index is 930. The second-order valence-corrected chi connectivity index (χ2v) is 6.26. The monoisotopic (exact) mass is 390 g/mol. The number of para-hydroxylation sites is 2. The van der Waals surface area contributed by atoms with Crippen LogP contribution < -0.4 is 20.3 Å². The molecule has 6 heteroatoms. The van der Waals surface area contributed by atoms with Crippen molar-refractivity contribution in [2.75, 3.05) is 13.2 Å². The van der Waals surface area contributed by atoms with E-state index in [2.05, 4.69) is 10.9 Å². The Hall–Kier alpha value is -3.80. The summed E-state index contributed by atoms with van der Waals surface area (Å²) in [4.78, 5) is 23.7. The zero-order valence-electron chi connectivity index (χ0n) is 15.8. The Labute approximate surface area is 169 Å². The van der Waals surface area contributed by atoms with Crippen LogP contribution in [0.3, 0.4) is 0 Å². The molecule has 0 atom stereocenters. The summed E-state index contributed by atoms with van der Waals surface area (Å²) in [5.74, 6) is 0.275. The third-order valence-electron chi connectivity index (χ3n) is 4.02. The molecule has 6 nitrogen and oxygen atoms in total. The van der Waals surface area contributed by atoms with Crippen LogP contribution in [-0.4, -0.2) is 25.0 Å². The molecular formula is C23H22N2O4. The first-order chi connectivity index (χ1) is 14.2. The van der Waals surface area contributed by atoms with Gasteiger partial charge in [0.1, 0.15) is 11.5 Å². The number of hydrogen-bond donors (Lipinski definition) is 2. The van der Waals surface area contributed by atoms with Gasteiger partial charge in [-0.3, -0.25) is 20.4 Å². The van der Waals surface area contributed by atoms with Crippen LogP contribution >= 0.6 is 0 Å². The number of ether oxygens (including phenoxy) is 2. The molecule has 0 aromatic heterocycles. The number of hydrazine groups is 1. The van der Waals surface area contributed by atoms with Crippen LogP contribution in [0, 0.1) is 0 Å². The molecule has 0 fully saturated rings. The van der Waals surface area contributed by atoms with Crippen molar-refractivity contribution < 1.29 is 19.1 Å². The molecule has 148 valence electrons. The van der Waals surface area contributed by atoms with E-state index in [-0.39, 0.29) is 13.2 Å². The quantitative estimate of drug-likeness (QED) is 0.580. The number of amides is 2. The first-order valence-electron chi connectivity index (χ1n) is 9.21. The lowest BCUT2D eigenvalue weighted by Gasteiger charge is -2.12. The van der Waals surface area contributed by atoms with Crippen molar-refractivity contribution in [3.8, 4) is 11.5 Å². The molecule has 0 bridgehead atoms. The van der Waals surface area contributed by atoms with Gasteiger partial charge in [0.05, 0.1) is 0 Å². The minimum absolute atomic E-state index is 0.203. The van der Waals surface area contributed by atoms with E-state index >= 15 is 0 Å². The first kappa shape index (κ1) is 19.9. The van der Waals surface area contributed by atoms with Crippen molar-refractivity contribution in [1.29, 1.82) is 0 Å². The maximum Gasteiger partial charge on any atom is 0.276 e. The van der Waals surface area contributed by atoms with Gasteiger partial charge in [-0.2, -0.15) is 0 Å². The lowest BCUT2D eigenvalue weighted by molar-refractivity contribution is -0.131. The summed E-state index contributed by atoms with van der Waals surface area (Å²) in [5.41, 5.74) is 6.74. The molecule has 29 heavy (non-hydrogen) atoms. The maximum atomic E-state index is 12.0. The van der Waals surface area contributed by atoms with E-state index in [9.17, 15) is 9.59 Å². The number of hydrogen-bond acceptors (Lipinski definition) is 4. The second kappa shape index (κ2) is 10.5.